The molecule has 1 unspecified atom stereocenters. The van der Waals surface area contributed by atoms with E-state index in [1.165, 1.54) is 12.8 Å². The fraction of sp³-hybridized carbons (Fsp3) is 0.611. The van der Waals surface area contributed by atoms with Crippen molar-refractivity contribution in [3.63, 3.8) is 0 Å². The highest BCUT2D eigenvalue weighted by Gasteiger charge is 2.37. The van der Waals surface area contributed by atoms with Crippen molar-refractivity contribution in [3.05, 3.63) is 35.9 Å². The van der Waals surface area contributed by atoms with Crippen LogP contribution < -0.4 is 5.32 Å². The van der Waals surface area contributed by atoms with Crippen LogP contribution in [0.5, 0.6) is 0 Å². The van der Waals surface area contributed by atoms with Gasteiger partial charge in [0.15, 0.2) is 0 Å². The zero-order chi connectivity index (χ0) is 15.1. The van der Waals surface area contributed by atoms with Crippen LogP contribution in [0.25, 0.3) is 0 Å². The third-order valence-corrected chi connectivity index (χ3v) is 4.28. The molecule has 3 heteroatoms. The summed E-state index contributed by atoms with van der Waals surface area (Å²) in [5.74, 6) is 0. The first kappa shape index (κ1) is 16.0. The van der Waals surface area contributed by atoms with E-state index < -0.39 is 5.54 Å². The first-order valence-electron chi connectivity index (χ1n) is 8.21. The van der Waals surface area contributed by atoms with E-state index in [0.29, 0.717) is 6.04 Å². The molecule has 114 valence electrons. The first-order valence-corrected chi connectivity index (χ1v) is 8.21. The maximum Gasteiger partial charge on any atom is 0.133 e. The van der Waals surface area contributed by atoms with E-state index >= 15 is 0 Å². The van der Waals surface area contributed by atoms with Crippen LogP contribution in [0.3, 0.4) is 0 Å². The predicted molar refractivity (Wildman–Crippen MR) is 86.9 cm³/mol. The molecule has 1 saturated carbocycles. The van der Waals surface area contributed by atoms with Crippen LogP contribution in [0, 0.1) is 11.3 Å². The monoisotopic (exact) mass is 285 g/mol. The van der Waals surface area contributed by atoms with Gasteiger partial charge in [0, 0.05) is 12.6 Å². The Balaban J connectivity index is 2.13. The molecule has 1 N–H and O–H groups in total. The van der Waals surface area contributed by atoms with Crippen molar-refractivity contribution in [1.82, 2.24) is 10.2 Å². The Kier molecular flexibility index (Phi) is 5.78. The first-order chi connectivity index (χ1) is 10.2. The number of hydrogen-bond donors (Lipinski definition) is 1. The number of nitriles is 1. The standard InChI is InChI=1S/C18H27N3/c1-3-13-21(4-2)14-12-18(15-19,20-17-10-11-17)16-8-6-5-7-9-16/h5-9,17,20H,3-4,10-14H2,1-2H3. The SMILES string of the molecule is CCCN(CC)CCC(C#N)(NC1CC1)c1ccccc1. The van der Waals surface area contributed by atoms with Crippen molar-refractivity contribution in [2.24, 2.45) is 0 Å². The predicted octanol–water partition coefficient (Wildman–Crippen LogP) is 3.28. The summed E-state index contributed by atoms with van der Waals surface area (Å²) in [5, 5.41) is 13.5. The minimum Gasteiger partial charge on any atom is -0.304 e. The molecule has 0 aliphatic heterocycles. The van der Waals surface area contributed by atoms with Crippen LogP contribution >= 0.6 is 0 Å². The van der Waals surface area contributed by atoms with Gasteiger partial charge >= 0.3 is 0 Å². The molecule has 1 fully saturated rings. The summed E-state index contributed by atoms with van der Waals surface area (Å²) >= 11 is 0. The van der Waals surface area contributed by atoms with E-state index in [2.05, 4.69) is 42.3 Å². The fourth-order valence-corrected chi connectivity index (χ4v) is 2.82. The molecule has 21 heavy (non-hydrogen) atoms. The van der Waals surface area contributed by atoms with Crippen molar-refractivity contribution < 1.29 is 0 Å². The lowest BCUT2D eigenvalue weighted by molar-refractivity contribution is 0.249. The molecule has 0 aromatic heterocycles. The third kappa shape index (κ3) is 4.30. The van der Waals surface area contributed by atoms with E-state index in [4.69, 9.17) is 0 Å². The van der Waals surface area contributed by atoms with Crippen molar-refractivity contribution in [2.75, 3.05) is 19.6 Å². The van der Waals surface area contributed by atoms with Gasteiger partial charge < -0.3 is 4.90 Å². The molecule has 0 bridgehead atoms. The summed E-state index contributed by atoms with van der Waals surface area (Å²) in [6, 6.07) is 13.3. The fourth-order valence-electron chi connectivity index (χ4n) is 2.82. The van der Waals surface area contributed by atoms with Crippen LogP contribution in [0.15, 0.2) is 30.3 Å². The summed E-state index contributed by atoms with van der Waals surface area (Å²) in [7, 11) is 0. The second-order valence-corrected chi connectivity index (χ2v) is 5.99. The molecule has 1 aliphatic rings. The van der Waals surface area contributed by atoms with Gasteiger partial charge in [-0.05, 0) is 44.3 Å². The summed E-state index contributed by atoms with van der Waals surface area (Å²) in [6.45, 7) is 7.52. The highest BCUT2D eigenvalue weighted by atomic mass is 15.1. The smallest absolute Gasteiger partial charge is 0.133 e. The number of nitrogens with one attached hydrogen (secondary N) is 1. The summed E-state index contributed by atoms with van der Waals surface area (Å²) < 4.78 is 0. The zero-order valence-corrected chi connectivity index (χ0v) is 13.3. The van der Waals surface area contributed by atoms with E-state index in [1.54, 1.807) is 0 Å². The minimum atomic E-state index is -0.538. The Morgan fingerprint density at radius 1 is 1.24 bits per heavy atom. The van der Waals surface area contributed by atoms with Gasteiger partial charge in [-0.2, -0.15) is 5.26 Å². The second-order valence-electron chi connectivity index (χ2n) is 5.99. The number of nitrogens with zero attached hydrogens (tertiary/aromatic N) is 2. The summed E-state index contributed by atoms with van der Waals surface area (Å²) in [4.78, 5) is 2.43. The van der Waals surface area contributed by atoms with Crippen LogP contribution in [0.4, 0.5) is 0 Å². The van der Waals surface area contributed by atoms with Gasteiger partial charge in [-0.25, -0.2) is 0 Å². The van der Waals surface area contributed by atoms with Crippen molar-refractivity contribution in [3.8, 4) is 6.07 Å². The molecule has 1 aromatic carbocycles. The topological polar surface area (TPSA) is 39.1 Å². The summed E-state index contributed by atoms with van der Waals surface area (Å²) in [6.07, 6.45) is 4.40. The molecule has 1 atom stereocenters. The van der Waals surface area contributed by atoms with Crippen molar-refractivity contribution in [2.45, 2.75) is 51.1 Å². The highest BCUT2D eigenvalue weighted by molar-refractivity contribution is 5.32. The maximum absolute atomic E-state index is 9.89. The van der Waals surface area contributed by atoms with E-state index in [1.807, 2.05) is 18.2 Å². The lowest BCUT2D eigenvalue weighted by Crippen LogP contribution is -2.45. The molecule has 0 saturated heterocycles. The minimum absolute atomic E-state index is 0.520. The molecule has 0 radical (unpaired) electrons. The Hall–Kier alpha value is -1.37. The van der Waals surface area contributed by atoms with E-state index in [9.17, 15) is 5.26 Å². The largest absolute Gasteiger partial charge is 0.304 e. The number of rotatable bonds is 9. The Labute approximate surface area is 129 Å². The Morgan fingerprint density at radius 2 is 1.95 bits per heavy atom. The molecule has 1 aliphatic carbocycles. The average Bonchev–Trinajstić information content (AvgIpc) is 3.35. The highest BCUT2D eigenvalue weighted by Crippen LogP contribution is 2.31. The summed E-state index contributed by atoms with van der Waals surface area (Å²) in [5.41, 5.74) is 0.566. The molecule has 0 amide bonds. The quantitative estimate of drug-likeness (QED) is 0.757. The van der Waals surface area contributed by atoms with E-state index in [-0.39, 0.29) is 0 Å². The third-order valence-electron chi connectivity index (χ3n) is 4.28. The molecule has 0 spiro atoms. The molecule has 1 aromatic rings. The van der Waals surface area contributed by atoms with E-state index in [0.717, 1.165) is 38.0 Å². The molecule has 2 rings (SSSR count). The van der Waals surface area contributed by atoms with Crippen LogP contribution in [-0.2, 0) is 5.54 Å². The van der Waals surface area contributed by atoms with Crippen LogP contribution in [0.2, 0.25) is 0 Å². The van der Waals surface area contributed by atoms with Gasteiger partial charge in [-0.1, -0.05) is 44.2 Å². The van der Waals surface area contributed by atoms with Gasteiger partial charge in [0.2, 0.25) is 0 Å². The molecule has 3 nitrogen and oxygen atoms in total. The van der Waals surface area contributed by atoms with Gasteiger partial charge in [0.05, 0.1) is 6.07 Å². The molecular weight excluding hydrogens is 258 g/mol. The van der Waals surface area contributed by atoms with Crippen LogP contribution in [0.1, 0.15) is 45.1 Å². The van der Waals surface area contributed by atoms with Gasteiger partial charge in [-0.3, -0.25) is 5.32 Å². The normalized spacial score (nSPS) is 17.4. The van der Waals surface area contributed by atoms with Crippen LogP contribution in [-0.4, -0.2) is 30.6 Å². The number of hydrogen-bond acceptors (Lipinski definition) is 3. The van der Waals surface area contributed by atoms with Gasteiger partial charge in [0.25, 0.3) is 0 Å². The number of benzene rings is 1. The Morgan fingerprint density at radius 3 is 2.48 bits per heavy atom. The lowest BCUT2D eigenvalue weighted by atomic mass is 9.87. The maximum atomic E-state index is 9.89. The van der Waals surface area contributed by atoms with Gasteiger partial charge in [-0.15, -0.1) is 0 Å². The molecule has 0 heterocycles. The lowest BCUT2D eigenvalue weighted by Gasteiger charge is -2.31. The zero-order valence-electron chi connectivity index (χ0n) is 13.3. The Bertz CT molecular complexity index is 461. The second kappa shape index (κ2) is 7.59. The molecular formula is C18H27N3. The van der Waals surface area contributed by atoms with Crippen molar-refractivity contribution in [1.29, 1.82) is 5.26 Å². The van der Waals surface area contributed by atoms with Crippen molar-refractivity contribution >= 4 is 0 Å². The average molecular weight is 285 g/mol. The van der Waals surface area contributed by atoms with Gasteiger partial charge in [0.1, 0.15) is 5.54 Å².